The summed E-state index contributed by atoms with van der Waals surface area (Å²) >= 11 is 1.69. The summed E-state index contributed by atoms with van der Waals surface area (Å²) in [4.78, 5) is 5.19. The lowest BCUT2D eigenvalue weighted by Crippen LogP contribution is -2.03. The Morgan fingerprint density at radius 2 is 2.31 bits per heavy atom. The summed E-state index contributed by atoms with van der Waals surface area (Å²) in [5, 5.41) is 5.07. The molecule has 0 unspecified atom stereocenters. The normalized spacial score (nSPS) is 10.4. The zero-order chi connectivity index (χ0) is 11.4. The van der Waals surface area contributed by atoms with Crippen molar-refractivity contribution in [3.8, 4) is 0 Å². The van der Waals surface area contributed by atoms with E-state index in [1.54, 1.807) is 23.6 Å². The van der Waals surface area contributed by atoms with E-state index >= 15 is 0 Å². The van der Waals surface area contributed by atoms with Crippen LogP contribution in [0.4, 0.5) is 10.2 Å². The van der Waals surface area contributed by atoms with Crippen LogP contribution >= 0.6 is 11.3 Å². The number of rotatable bonds is 4. The predicted octanol–water partition coefficient (Wildman–Crippen LogP) is 3.46. The molecule has 2 aromatic rings. The Kier molecular flexibility index (Phi) is 3.51. The van der Waals surface area contributed by atoms with E-state index in [1.165, 1.54) is 16.5 Å². The van der Waals surface area contributed by atoms with Crippen LogP contribution < -0.4 is 5.32 Å². The summed E-state index contributed by atoms with van der Waals surface area (Å²) in [5.74, 6) is 0.00931. The van der Waals surface area contributed by atoms with Gasteiger partial charge in [0, 0.05) is 11.1 Å². The highest BCUT2D eigenvalue weighted by molar-refractivity contribution is 7.10. The lowest BCUT2D eigenvalue weighted by molar-refractivity contribution is 0.624. The molecule has 2 nitrogen and oxygen atoms in total. The number of nitrogens with one attached hydrogen (secondary N) is 1. The Morgan fingerprint density at radius 3 is 3.06 bits per heavy atom. The molecule has 0 radical (unpaired) electrons. The molecule has 0 saturated heterocycles. The molecule has 0 fully saturated rings. The molecule has 0 saturated carbocycles. The van der Waals surface area contributed by atoms with E-state index in [4.69, 9.17) is 0 Å². The highest BCUT2D eigenvalue weighted by Gasteiger charge is 2.05. The van der Waals surface area contributed by atoms with Crippen molar-refractivity contribution in [1.82, 2.24) is 4.98 Å². The number of nitrogens with zero attached hydrogens (tertiary/aromatic N) is 1. The second kappa shape index (κ2) is 5.07. The van der Waals surface area contributed by atoms with Crippen LogP contribution in [0.1, 0.15) is 17.4 Å². The maximum absolute atomic E-state index is 13.3. The summed E-state index contributed by atoms with van der Waals surface area (Å²) in [6, 6.07) is 5.10. The van der Waals surface area contributed by atoms with Gasteiger partial charge >= 0.3 is 0 Å². The fourth-order valence-corrected chi connectivity index (χ4v) is 2.43. The second-order valence-corrected chi connectivity index (χ2v) is 4.41. The average molecular weight is 236 g/mol. The third kappa shape index (κ3) is 2.39. The standard InChI is InChI=1S/C12H13FN2S/c1-2-9-5-7-16-11(9)8-15-12-10(13)4-3-6-14-12/h3-7H,2,8H2,1H3,(H,14,15). The van der Waals surface area contributed by atoms with Gasteiger partial charge < -0.3 is 5.32 Å². The molecule has 0 amide bonds. The molecule has 2 heterocycles. The Morgan fingerprint density at radius 1 is 1.44 bits per heavy atom. The Bertz CT molecular complexity index is 468. The molecular weight excluding hydrogens is 223 g/mol. The Balaban J connectivity index is 2.05. The van der Waals surface area contributed by atoms with Crippen molar-refractivity contribution in [2.45, 2.75) is 19.9 Å². The third-order valence-corrected chi connectivity index (χ3v) is 3.36. The van der Waals surface area contributed by atoms with E-state index in [-0.39, 0.29) is 5.82 Å². The van der Waals surface area contributed by atoms with E-state index in [9.17, 15) is 4.39 Å². The van der Waals surface area contributed by atoms with Gasteiger partial charge in [-0.05, 0) is 35.6 Å². The van der Waals surface area contributed by atoms with Crippen molar-refractivity contribution in [2.75, 3.05) is 5.32 Å². The van der Waals surface area contributed by atoms with Gasteiger partial charge in [0.05, 0.1) is 6.54 Å². The van der Waals surface area contributed by atoms with Crippen LogP contribution in [-0.2, 0) is 13.0 Å². The minimum atomic E-state index is -0.308. The number of aromatic nitrogens is 1. The third-order valence-electron chi connectivity index (χ3n) is 2.39. The topological polar surface area (TPSA) is 24.9 Å². The SMILES string of the molecule is CCc1ccsc1CNc1ncccc1F. The van der Waals surface area contributed by atoms with Crippen molar-refractivity contribution in [3.05, 3.63) is 46.0 Å². The first-order valence-electron chi connectivity index (χ1n) is 5.21. The highest BCUT2D eigenvalue weighted by atomic mass is 32.1. The fraction of sp³-hybridized carbons (Fsp3) is 0.250. The number of aryl methyl sites for hydroxylation is 1. The largest absolute Gasteiger partial charge is 0.363 e. The van der Waals surface area contributed by atoms with Crippen LogP contribution in [0, 0.1) is 5.82 Å². The Hall–Kier alpha value is -1.42. The van der Waals surface area contributed by atoms with Crippen LogP contribution in [0.25, 0.3) is 0 Å². The molecule has 0 aliphatic carbocycles. The van der Waals surface area contributed by atoms with Gasteiger partial charge in [-0.25, -0.2) is 9.37 Å². The molecule has 2 aromatic heterocycles. The average Bonchev–Trinajstić information content (AvgIpc) is 2.75. The zero-order valence-electron chi connectivity index (χ0n) is 9.03. The Labute approximate surface area is 98.2 Å². The second-order valence-electron chi connectivity index (χ2n) is 3.41. The van der Waals surface area contributed by atoms with Crippen LogP contribution in [0.2, 0.25) is 0 Å². The van der Waals surface area contributed by atoms with Crippen LogP contribution in [0.5, 0.6) is 0 Å². The number of halogens is 1. The molecule has 0 atom stereocenters. The molecule has 16 heavy (non-hydrogen) atoms. The van der Waals surface area contributed by atoms with Crippen molar-refractivity contribution in [3.63, 3.8) is 0 Å². The first kappa shape index (κ1) is 11.1. The molecule has 1 N–H and O–H groups in total. The monoisotopic (exact) mass is 236 g/mol. The summed E-state index contributed by atoms with van der Waals surface area (Å²) in [6.07, 6.45) is 2.59. The van der Waals surface area contributed by atoms with Gasteiger partial charge in [-0.15, -0.1) is 11.3 Å². The van der Waals surface area contributed by atoms with Crippen molar-refractivity contribution >= 4 is 17.2 Å². The summed E-state index contributed by atoms with van der Waals surface area (Å²) in [5.41, 5.74) is 1.31. The van der Waals surface area contributed by atoms with E-state index < -0.39 is 0 Å². The number of hydrogen-bond acceptors (Lipinski definition) is 3. The molecule has 0 bridgehead atoms. The van der Waals surface area contributed by atoms with E-state index in [2.05, 4.69) is 28.7 Å². The maximum atomic E-state index is 13.3. The highest BCUT2D eigenvalue weighted by Crippen LogP contribution is 2.19. The first-order valence-corrected chi connectivity index (χ1v) is 6.09. The molecular formula is C12H13FN2S. The number of thiophene rings is 1. The van der Waals surface area contributed by atoms with E-state index in [0.717, 1.165) is 6.42 Å². The zero-order valence-corrected chi connectivity index (χ0v) is 9.85. The lowest BCUT2D eigenvalue weighted by atomic mass is 10.2. The molecule has 0 aliphatic rings. The van der Waals surface area contributed by atoms with Crippen molar-refractivity contribution < 1.29 is 4.39 Å². The summed E-state index contributed by atoms with van der Waals surface area (Å²) < 4.78 is 13.3. The van der Waals surface area contributed by atoms with Gasteiger partial charge in [0.15, 0.2) is 11.6 Å². The van der Waals surface area contributed by atoms with Gasteiger partial charge in [0.1, 0.15) is 0 Å². The molecule has 84 valence electrons. The lowest BCUT2D eigenvalue weighted by Gasteiger charge is -2.06. The number of hydrogen-bond donors (Lipinski definition) is 1. The minimum Gasteiger partial charge on any atom is -0.363 e. The predicted molar refractivity (Wildman–Crippen MR) is 65.2 cm³/mol. The minimum absolute atomic E-state index is 0.308. The fourth-order valence-electron chi connectivity index (χ4n) is 1.52. The quantitative estimate of drug-likeness (QED) is 0.879. The van der Waals surface area contributed by atoms with Gasteiger partial charge in [0.2, 0.25) is 0 Å². The van der Waals surface area contributed by atoms with Gasteiger partial charge in [0.25, 0.3) is 0 Å². The summed E-state index contributed by atoms with van der Waals surface area (Å²) in [6.45, 7) is 2.75. The van der Waals surface area contributed by atoms with Gasteiger partial charge in [-0.1, -0.05) is 6.92 Å². The summed E-state index contributed by atoms with van der Waals surface area (Å²) in [7, 11) is 0. The van der Waals surface area contributed by atoms with E-state index in [0.29, 0.717) is 12.4 Å². The molecule has 0 spiro atoms. The maximum Gasteiger partial charge on any atom is 0.165 e. The molecule has 4 heteroatoms. The first-order chi connectivity index (χ1) is 7.81. The van der Waals surface area contributed by atoms with Crippen molar-refractivity contribution in [1.29, 1.82) is 0 Å². The molecule has 0 aromatic carbocycles. The van der Waals surface area contributed by atoms with Gasteiger partial charge in [-0.3, -0.25) is 0 Å². The molecule has 0 aliphatic heterocycles. The molecule has 2 rings (SSSR count). The van der Waals surface area contributed by atoms with Crippen LogP contribution in [0.15, 0.2) is 29.8 Å². The number of anilines is 1. The van der Waals surface area contributed by atoms with E-state index in [1.807, 2.05) is 0 Å². The van der Waals surface area contributed by atoms with Crippen LogP contribution in [0.3, 0.4) is 0 Å². The van der Waals surface area contributed by atoms with Crippen molar-refractivity contribution in [2.24, 2.45) is 0 Å². The van der Waals surface area contributed by atoms with Gasteiger partial charge in [-0.2, -0.15) is 0 Å². The van der Waals surface area contributed by atoms with Crippen LogP contribution in [-0.4, -0.2) is 4.98 Å². The number of pyridine rings is 1. The smallest absolute Gasteiger partial charge is 0.165 e.